The Labute approximate surface area is 167 Å². The number of fused-ring (bicyclic) bond motifs is 1. The zero-order valence-corrected chi connectivity index (χ0v) is 16.8. The standard InChI is InChI=1S/C19H20ClN5OS/c1-12-6-7-21-17(18-22-11-23-27-18)25-9-8-24(10-16(12)25)19(26)14-4-3-5-15(20)13(14)2/h3-5,11H,6-10H2,1-2H3. The average molecular weight is 402 g/mol. The van der Waals surface area contributed by atoms with E-state index >= 15 is 0 Å². The van der Waals surface area contributed by atoms with Crippen LogP contribution in [0, 0.1) is 6.92 Å². The maximum Gasteiger partial charge on any atom is 0.254 e. The number of rotatable bonds is 2. The van der Waals surface area contributed by atoms with Crippen molar-refractivity contribution >= 4 is 34.9 Å². The first-order valence-corrected chi connectivity index (χ1v) is 10.0. The first-order valence-electron chi connectivity index (χ1n) is 8.88. The number of amidine groups is 1. The van der Waals surface area contributed by atoms with Gasteiger partial charge in [-0.05, 0) is 49.5 Å². The smallest absolute Gasteiger partial charge is 0.254 e. The van der Waals surface area contributed by atoms with Crippen LogP contribution in [0.4, 0.5) is 0 Å². The topological polar surface area (TPSA) is 61.7 Å². The predicted octanol–water partition coefficient (Wildman–Crippen LogP) is 3.38. The van der Waals surface area contributed by atoms with Crippen LogP contribution in [-0.4, -0.2) is 57.1 Å². The molecule has 0 aliphatic carbocycles. The molecule has 1 fully saturated rings. The summed E-state index contributed by atoms with van der Waals surface area (Å²) in [5, 5.41) is 1.45. The van der Waals surface area contributed by atoms with E-state index in [-0.39, 0.29) is 5.91 Å². The second-order valence-corrected chi connectivity index (χ2v) is 7.91. The van der Waals surface area contributed by atoms with Crippen molar-refractivity contribution in [3.63, 3.8) is 0 Å². The molecule has 0 N–H and O–H groups in total. The Bertz CT molecular complexity index is 938. The van der Waals surface area contributed by atoms with Crippen molar-refractivity contribution in [1.82, 2.24) is 19.2 Å². The van der Waals surface area contributed by atoms with Gasteiger partial charge in [-0.25, -0.2) is 4.98 Å². The molecule has 3 heterocycles. The van der Waals surface area contributed by atoms with Crippen molar-refractivity contribution in [3.05, 3.63) is 57.0 Å². The Morgan fingerprint density at radius 2 is 2.11 bits per heavy atom. The molecule has 27 heavy (non-hydrogen) atoms. The minimum atomic E-state index is 0.0219. The molecule has 6 nitrogen and oxygen atoms in total. The van der Waals surface area contributed by atoms with E-state index in [0.29, 0.717) is 30.2 Å². The molecule has 2 aliphatic heterocycles. The van der Waals surface area contributed by atoms with Gasteiger partial charge >= 0.3 is 0 Å². The summed E-state index contributed by atoms with van der Waals surface area (Å²) in [6.45, 7) is 6.62. The third-order valence-corrected chi connectivity index (χ3v) is 6.16. The van der Waals surface area contributed by atoms with Gasteiger partial charge in [0.1, 0.15) is 6.33 Å². The molecule has 2 aliphatic rings. The fraction of sp³-hybridized carbons (Fsp3) is 0.368. The first-order chi connectivity index (χ1) is 13.1. The van der Waals surface area contributed by atoms with E-state index < -0.39 is 0 Å². The number of carbonyl (C=O) groups excluding carboxylic acids is 1. The SMILES string of the molecule is CC1=C2CN(C(=O)c3cccc(Cl)c3C)CCN2C(c2ncns2)=NCC1. The normalized spacial score (nSPS) is 17.5. The van der Waals surface area contributed by atoms with E-state index in [2.05, 4.69) is 21.2 Å². The predicted molar refractivity (Wildman–Crippen MR) is 107 cm³/mol. The molecule has 1 aromatic carbocycles. The summed E-state index contributed by atoms with van der Waals surface area (Å²) in [6.07, 6.45) is 2.44. The van der Waals surface area contributed by atoms with Crippen molar-refractivity contribution in [1.29, 1.82) is 0 Å². The third-order valence-electron chi connectivity index (χ3n) is 5.09. The van der Waals surface area contributed by atoms with Crippen LogP contribution < -0.4 is 0 Å². The van der Waals surface area contributed by atoms with Crippen LogP contribution in [0.25, 0.3) is 0 Å². The van der Waals surface area contributed by atoms with Gasteiger partial charge in [-0.1, -0.05) is 23.2 Å². The van der Waals surface area contributed by atoms with E-state index in [1.165, 1.54) is 17.1 Å². The summed E-state index contributed by atoms with van der Waals surface area (Å²) in [5.74, 6) is 0.893. The van der Waals surface area contributed by atoms with Gasteiger partial charge in [0.25, 0.3) is 5.91 Å². The second-order valence-electron chi connectivity index (χ2n) is 6.72. The first kappa shape index (κ1) is 18.1. The van der Waals surface area contributed by atoms with Crippen LogP contribution in [0.3, 0.4) is 0 Å². The summed E-state index contributed by atoms with van der Waals surface area (Å²) >= 11 is 7.56. The molecule has 4 rings (SSSR count). The molecule has 0 atom stereocenters. The molecular weight excluding hydrogens is 382 g/mol. The summed E-state index contributed by atoms with van der Waals surface area (Å²) in [4.78, 5) is 26.3. The largest absolute Gasteiger partial charge is 0.331 e. The Morgan fingerprint density at radius 3 is 2.89 bits per heavy atom. The van der Waals surface area contributed by atoms with E-state index in [9.17, 15) is 4.79 Å². The number of benzene rings is 1. The van der Waals surface area contributed by atoms with Crippen molar-refractivity contribution in [2.24, 2.45) is 4.99 Å². The lowest BCUT2D eigenvalue weighted by Crippen LogP contribution is -2.49. The molecule has 140 valence electrons. The molecule has 8 heteroatoms. The van der Waals surface area contributed by atoms with Gasteiger partial charge in [0, 0.05) is 35.9 Å². The number of aliphatic imine (C=N–C) groups is 1. The molecule has 0 radical (unpaired) electrons. The lowest BCUT2D eigenvalue weighted by molar-refractivity contribution is 0.0726. The molecule has 1 amide bonds. The van der Waals surface area contributed by atoms with Crippen LogP contribution in [-0.2, 0) is 0 Å². The van der Waals surface area contributed by atoms with Crippen LogP contribution in [0.1, 0.15) is 34.3 Å². The van der Waals surface area contributed by atoms with Gasteiger partial charge < -0.3 is 9.80 Å². The molecular formula is C19H20ClN5OS. The maximum atomic E-state index is 13.1. The number of amides is 1. The number of carbonyl (C=O) groups is 1. The van der Waals surface area contributed by atoms with Crippen LogP contribution in [0.2, 0.25) is 5.02 Å². The van der Waals surface area contributed by atoms with Gasteiger partial charge in [-0.15, -0.1) is 0 Å². The Morgan fingerprint density at radius 1 is 1.26 bits per heavy atom. The average Bonchev–Trinajstić information content (AvgIpc) is 3.15. The fourth-order valence-electron chi connectivity index (χ4n) is 3.50. The summed E-state index contributed by atoms with van der Waals surface area (Å²) in [5.41, 5.74) is 3.90. The zero-order chi connectivity index (χ0) is 19.0. The number of aromatic nitrogens is 2. The highest BCUT2D eigenvalue weighted by atomic mass is 35.5. The number of hydrogen-bond donors (Lipinski definition) is 0. The van der Waals surface area contributed by atoms with E-state index in [0.717, 1.165) is 35.1 Å². The van der Waals surface area contributed by atoms with Crippen LogP contribution in [0.15, 0.2) is 40.8 Å². The summed E-state index contributed by atoms with van der Waals surface area (Å²) in [7, 11) is 0. The lowest BCUT2D eigenvalue weighted by atomic mass is 10.1. The van der Waals surface area contributed by atoms with Gasteiger partial charge in [0.05, 0.1) is 6.54 Å². The van der Waals surface area contributed by atoms with Crippen LogP contribution in [0.5, 0.6) is 0 Å². The van der Waals surface area contributed by atoms with Crippen LogP contribution >= 0.6 is 23.1 Å². The summed E-state index contributed by atoms with van der Waals surface area (Å²) < 4.78 is 4.12. The number of piperazine rings is 1. The van der Waals surface area contributed by atoms with Gasteiger partial charge in [0.15, 0.2) is 10.8 Å². The number of hydrogen-bond acceptors (Lipinski definition) is 6. The van der Waals surface area contributed by atoms with Gasteiger partial charge in [-0.2, -0.15) is 4.37 Å². The molecule has 0 saturated carbocycles. The van der Waals surface area contributed by atoms with Gasteiger partial charge in [-0.3, -0.25) is 9.79 Å². The Kier molecular flexibility index (Phi) is 4.97. The van der Waals surface area contributed by atoms with Crippen molar-refractivity contribution in [3.8, 4) is 0 Å². The van der Waals surface area contributed by atoms with E-state index in [4.69, 9.17) is 16.6 Å². The molecule has 2 aromatic rings. The van der Waals surface area contributed by atoms with E-state index in [1.54, 1.807) is 6.33 Å². The highest BCUT2D eigenvalue weighted by Gasteiger charge is 2.32. The molecule has 0 unspecified atom stereocenters. The highest BCUT2D eigenvalue weighted by Crippen LogP contribution is 2.27. The van der Waals surface area contributed by atoms with Crippen molar-refractivity contribution in [2.45, 2.75) is 20.3 Å². The highest BCUT2D eigenvalue weighted by molar-refractivity contribution is 7.07. The molecule has 0 spiro atoms. The minimum absolute atomic E-state index is 0.0219. The summed E-state index contributed by atoms with van der Waals surface area (Å²) in [6, 6.07) is 5.49. The third kappa shape index (κ3) is 3.37. The second kappa shape index (κ2) is 7.40. The fourth-order valence-corrected chi connectivity index (χ4v) is 4.22. The monoisotopic (exact) mass is 401 g/mol. The van der Waals surface area contributed by atoms with Gasteiger partial charge in [0.2, 0.25) is 0 Å². The maximum absolute atomic E-state index is 13.1. The van der Waals surface area contributed by atoms with Crippen molar-refractivity contribution in [2.75, 3.05) is 26.2 Å². The Balaban J connectivity index is 1.63. The number of nitrogens with zero attached hydrogens (tertiary/aromatic N) is 5. The van der Waals surface area contributed by atoms with Crippen molar-refractivity contribution < 1.29 is 4.79 Å². The molecule has 1 saturated heterocycles. The van der Waals surface area contributed by atoms with E-state index in [1.807, 2.05) is 30.0 Å². The lowest BCUT2D eigenvalue weighted by Gasteiger charge is -2.38. The minimum Gasteiger partial charge on any atom is -0.331 e. The number of halogens is 1. The Hall–Kier alpha value is -2.25. The zero-order valence-electron chi connectivity index (χ0n) is 15.3. The molecule has 0 bridgehead atoms. The molecule has 1 aromatic heterocycles. The quantitative estimate of drug-likeness (QED) is 0.773.